The molecule has 8 heteroatoms. The summed E-state index contributed by atoms with van der Waals surface area (Å²) >= 11 is 2.03. The van der Waals surface area contributed by atoms with Crippen molar-refractivity contribution in [3.8, 4) is 5.40 Å². The molecule has 1 aliphatic heterocycles. The van der Waals surface area contributed by atoms with Gasteiger partial charge in [0, 0.05) is 11.3 Å². The molecule has 0 saturated heterocycles. The number of hydrogen-bond donors (Lipinski definition) is 2. The number of halogens is 2. The minimum atomic E-state index is -0.886. The van der Waals surface area contributed by atoms with Gasteiger partial charge in [-0.05, 0) is 17.8 Å². The van der Waals surface area contributed by atoms with E-state index in [1.807, 2.05) is 5.40 Å². The molecule has 0 bridgehead atoms. The number of hydrogen-bond acceptors (Lipinski definition) is 6. The zero-order valence-electron chi connectivity index (χ0n) is 10.7. The first-order chi connectivity index (χ1) is 10.0. The van der Waals surface area contributed by atoms with Gasteiger partial charge in [0.15, 0.2) is 16.8 Å². The smallest absolute Gasteiger partial charge is 0.168 e. The number of amidine groups is 1. The average Bonchev–Trinajstić information content (AvgIpc) is 2.44. The van der Waals surface area contributed by atoms with E-state index < -0.39 is 11.6 Å². The van der Waals surface area contributed by atoms with Crippen LogP contribution >= 0.6 is 23.5 Å². The van der Waals surface area contributed by atoms with Gasteiger partial charge in [-0.2, -0.15) is 5.26 Å². The monoisotopic (exact) mass is 324 g/mol. The van der Waals surface area contributed by atoms with Crippen molar-refractivity contribution in [2.24, 2.45) is 10.7 Å². The Kier molecular flexibility index (Phi) is 4.88. The molecule has 3 N–H and O–H groups in total. The van der Waals surface area contributed by atoms with Crippen LogP contribution < -0.4 is 11.1 Å². The lowest BCUT2D eigenvalue weighted by Gasteiger charge is -2.18. The molecule has 0 spiro atoms. The minimum absolute atomic E-state index is 0.174. The number of nitriles is 1. The molecule has 21 heavy (non-hydrogen) atoms. The van der Waals surface area contributed by atoms with Crippen LogP contribution in [0.15, 0.2) is 46.2 Å². The Morgan fingerprint density at radius 3 is 2.86 bits per heavy atom. The highest BCUT2D eigenvalue weighted by Gasteiger charge is 2.18. The van der Waals surface area contributed by atoms with Crippen LogP contribution in [0.2, 0.25) is 0 Å². The molecule has 0 aliphatic carbocycles. The number of nitrogens with two attached hydrogens (primary N) is 1. The van der Waals surface area contributed by atoms with E-state index in [1.54, 1.807) is 0 Å². The third kappa shape index (κ3) is 3.56. The average molecular weight is 324 g/mol. The van der Waals surface area contributed by atoms with Crippen LogP contribution in [0.3, 0.4) is 0 Å². The standard InChI is InChI=1S/C13H10F2N4S2/c1-7-11(21-6-16)12(17)19-13(18-7)20-5-8-3-2-4-9(14)10(8)15/h2-4H,1,5,17H2,(H,18,19). The Bertz CT molecular complexity index is 692. The van der Waals surface area contributed by atoms with Crippen LogP contribution in [0.25, 0.3) is 0 Å². The Morgan fingerprint density at radius 2 is 2.19 bits per heavy atom. The predicted molar refractivity (Wildman–Crippen MR) is 81.8 cm³/mol. The second kappa shape index (κ2) is 6.65. The molecular weight excluding hydrogens is 314 g/mol. The fourth-order valence-electron chi connectivity index (χ4n) is 1.56. The van der Waals surface area contributed by atoms with Gasteiger partial charge in [-0.15, -0.1) is 0 Å². The molecule has 0 fully saturated rings. The van der Waals surface area contributed by atoms with Gasteiger partial charge in [0.25, 0.3) is 0 Å². The summed E-state index contributed by atoms with van der Waals surface area (Å²) in [5.74, 6) is -1.39. The summed E-state index contributed by atoms with van der Waals surface area (Å²) in [6, 6.07) is 4.01. The summed E-state index contributed by atoms with van der Waals surface area (Å²) in [5.41, 5.74) is 6.43. The van der Waals surface area contributed by atoms with E-state index in [-0.39, 0.29) is 17.1 Å². The SMILES string of the molecule is C=C1NC(SCc2cccc(F)c2F)=NC(N)=C1SC#N. The summed E-state index contributed by atoms with van der Waals surface area (Å²) in [7, 11) is 0. The first kappa shape index (κ1) is 15.4. The zero-order valence-corrected chi connectivity index (χ0v) is 12.3. The summed E-state index contributed by atoms with van der Waals surface area (Å²) in [5, 5.41) is 13.8. The molecular formula is C13H10F2N4S2. The molecule has 0 saturated carbocycles. The lowest BCUT2D eigenvalue weighted by Crippen LogP contribution is -2.26. The molecule has 4 nitrogen and oxygen atoms in total. The van der Waals surface area contributed by atoms with Crippen molar-refractivity contribution in [1.29, 1.82) is 5.26 Å². The lowest BCUT2D eigenvalue weighted by molar-refractivity contribution is 0.502. The van der Waals surface area contributed by atoms with E-state index in [9.17, 15) is 8.78 Å². The van der Waals surface area contributed by atoms with E-state index in [1.165, 1.54) is 23.9 Å². The normalized spacial score (nSPS) is 14.5. The molecule has 1 aromatic carbocycles. The Hall–Kier alpha value is -1.98. The summed E-state index contributed by atoms with van der Waals surface area (Å²) < 4.78 is 26.6. The zero-order chi connectivity index (χ0) is 15.4. The van der Waals surface area contributed by atoms with Crippen LogP contribution in [0.1, 0.15) is 5.56 Å². The van der Waals surface area contributed by atoms with Gasteiger partial charge in [0.1, 0.15) is 11.2 Å². The first-order valence-electron chi connectivity index (χ1n) is 5.69. The third-order valence-electron chi connectivity index (χ3n) is 2.53. The van der Waals surface area contributed by atoms with Gasteiger partial charge in [-0.25, -0.2) is 13.8 Å². The van der Waals surface area contributed by atoms with E-state index in [4.69, 9.17) is 11.0 Å². The van der Waals surface area contributed by atoms with Gasteiger partial charge in [0.2, 0.25) is 0 Å². The molecule has 0 unspecified atom stereocenters. The van der Waals surface area contributed by atoms with Crippen molar-refractivity contribution >= 4 is 28.7 Å². The topological polar surface area (TPSA) is 74.2 Å². The largest absolute Gasteiger partial charge is 0.383 e. The van der Waals surface area contributed by atoms with Gasteiger partial charge in [0.05, 0.1) is 10.6 Å². The molecule has 0 amide bonds. The van der Waals surface area contributed by atoms with Gasteiger partial charge >= 0.3 is 0 Å². The Balaban J connectivity index is 2.11. The predicted octanol–water partition coefficient (Wildman–Crippen LogP) is 3.01. The quantitative estimate of drug-likeness (QED) is 0.836. The number of thiocyanates is 1. The number of thioether (sulfide) groups is 2. The molecule has 1 aliphatic rings. The summed E-state index contributed by atoms with van der Waals surface area (Å²) in [6.45, 7) is 3.75. The number of benzene rings is 1. The Morgan fingerprint density at radius 1 is 1.43 bits per heavy atom. The van der Waals surface area contributed by atoms with Crippen molar-refractivity contribution in [2.75, 3.05) is 0 Å². The van der Waals surface area contributed by atoms with Crippen LogP contribution in [-0.4, -0.2) is 5.17 Å². The van der Waals surface area contributed by atoms with Crippen LogP contribution in [-0.2, 0) is 5.75 Å². The van der Waals surface area contributed by atoms with Gasteiger partial charge in [-0.1, -0.05) is 30.5 Å². The van der Waals surface area contributed by atoms with E-state index in [0.717, 1.165) is 17.8 Å². The van der Waals surface area contributed by atoms with Crippen LogP contribution in [0.5, 0.6) is 0 Å². The summed E-state index contributed by atoms with van der Waals surface area (Å²) in [4.78, 5) is 4.53. The molecule has 108 valence electrons. The molecule has 0 aromatic heterocycles. The van der Waals surface area contributed by atoms with Gasteiger partial charge < -0.3 is 11.1 Å². The first-order valence-corrected chi connectivity index (χ1v) is 7.49. The number of nitrogens with one attached hydrogen (secondary N) is 1. The molecule has 0 radical (unpaired) electrons. The van der Waals surface area contributed by atoms with Crippen molar-refractivity contribution < 1.29 is 8.78 Å². The van der Waals surface area contributed by atoms with Crippen molar-refractivity contribution in [3.05, 3.63) is 58.4 Å². The van der Waals surface area contributed by atoms with Gasteiger partial charge in [-0.3, -0.25) is 0 Å². The highest BCUT2D eigenvalue weighted by Crippen LogP contribution is 2.28. The fourth-order valence-corrected chi connectivity index (χ4v) is 2.85. The van der Waals surface area contributed by atoms with E-state index in [0.29, 0.717) is 15.8 Å². The minimum Gasteiger partial charge on any atom is -0.383 e. The fraction of sp³-hybridized carbons (Fsp3) is 0.0769. The molecule has 1 heterocycles. The Labute approximate surface area is 128 Å². The van der Waals surface area contributed by atoms with Crippen molar-refractivity contribution in [1.82, 2.24) is 5.32 Å². The summed E-state index contributed by atoms with van der Waals surface area (Å²) in [6.07, 6.45) is 0. The maximum Gasteiger partial charge on any atom is 0.168 e. The third-order valence-corrected chi connectivity index (χ3v) is 4.20. The van der Waals surface area contributed by atoms with Crippen LogP contribution in [0, 0.1) is 22.3 Å². The second-order valence-electron chi connectivity index (χ2n) is 3.93. The maximum atomic E-state index is 13.5. The van der Waals surface area contributed by atoms with Crippen molar-refractivity contribution in [3.63, 3.8) is 0 Å². The van der Waals surface area contributed by atoms with E-state index in [2.05, 4.69) is 16.9 Å². The molecule has 0 atom stereocenters. The van der Waals surface area contributed by atoms with Crippen LogP contribution in [0.4, 0.5) is 8.78 Å². The molecule has 1 aromatic rings. The van der Waals surface area contributed by atoms with Crippen molar-refractivity contribution in [2.45, 2.75) is 5.75 Å². The van der Waals surface area contributed by atoms with E-state index >= 15 is 0 Å². The lowest BCUT2D eigenvalue weighted by atomic mass is 10.2. The number of nitrogens with zero attached hydrogens (tertiary/aromatic N) is 2. The molecule has 2 rings (SSSR count). The highest BCUT2D eigenvalue weighted by molar-refractivity contribution is 8.13. The highest BCUT2D eigenvalue weighted by atomic mass is 32.2. The number of rotatable bonds is 3. The number of aliphatic imine (C=N–C) groups is 1. The second-order valence-corrected chi connectivity index (χ2v) is 5.69. The maximum absolute atomic E-state index is 13.5.